The molecule has 1 rings (SSSR count). The molecule has 0 bridgehead atoms. The van der Waals surface area contributed by atoms with Gasteiger partial charge in [-0.1, -0.05) is 0 Å². The third-order valence-electron chi connectivity index (χ3n) is 1.62. The molecule has 0 unspecified atom stereocenters. The minimum Gasteiger partial charge on any atom is -0.330 e. The van der Waals surface area contributed by atoms with Crippen molar-refractivity contribution >= 4 is 11.3 Å². The highest BCUT2D eigenvalue weighted by atomic mass is 32.1. The molecule has 10 heavy (non-hydrogen) atoms. The summed E-state index contributed by atoms with van der Waals surface area (Å²) in [7, 11) is 0. The largest absolute Gasteiger partial charge is 0.330 e. The molecular weight excluding hydrogens is 142 g/mol. The van der Waals surface area contributed by atoms with Crippen LogP contribution in [0.5, 0.6) is 0 Å². The first kappa shape index (κ1) is 7.76. The average Bonchev–Trinajstić information content (AvgIpc) is 2.31. The molecule has 1 aromatic heterocycles. The maximum Gasteiger partial charge on any atom is 0.00461 e. The van der Waals surface area contributed by atoms with Crippen LogP contribution in [0, 0.1) is 6.92 Å². The lowest BCUT2D eigenvalue weighted by Gasteiger charge is -1.95. The molecule has 0 amide bonds. The molecule has 1 heterocycles. The number of hydrogen-bond donors (Lipinski definition) is 1. The van der Waals surface area contributed by atoms with Crippen molar-refractivity contribution in [2.24, 2.45) is 5.73 Å². The minimum atomic E-state index is 0.801. The Balaban J connectivity index is 2.49. The van der Waals surface area contributed by atoms with Crippen molar-refractivity contribution in [1.82, 2.24) is 0 Å². The third kappa shape index (κ3) is 1.82. The predicted molar refractivity (Wildman–Crippen MR) is 46.4 cm³/mol. The highest BCUT2D eigenvalue weighted by Crippen LogP contribution is 2.15. The van der Waals surface area contributed by atoms with E-state index in [2.05, 4.69) is 18.4 Å². The van der Waals surface area contributed by atoms with E-state index in [-0.39, 0.29) is 0 Å². The molecule has 0 saturated carbocycles. The van der Waals surface area contributed by atoms with Gasteiger partial charge in [-0.05, 0) is 43.3 Å². The highest BCUT2D eigenvalue weighted by molar-refractivity contribution is 7.10. The number of hydrogen-bond acceptors (Lipinski definition) is 2. The molecule has 1 nitrogen and oxygen atoms in total. The summed E-state index contributed by atoms with van der Waals surface area (Å²) in [6.07, 6.45) is 2.25. The van der Waals surface area contributed by atoms with Crippen LogP contribution in [0.25, 0.3) is 0 Å². The first-order chi connectivity index (χ1) is 4.84. The van der Waals surface area contributed by atoms with Gasteiger partial charge in [0.05, 0.1) is 0 Å². The molecule has 0 atom stereocenters. The van der Waals surface area contributed by atoms with E-state index in [1.165, 1.54) is 10.4 Å². The van der Waals surface area contributed by atoms with Crippen molar-refractivity contribution in [3.63, 3.8) is 0 Å². The first-order valence-corrected chi connectivity index (χ1v) is 4.45. The Bertz CT molecular complexity index is 193. The van der Waals surface area contributed by atoms with Crippen molar-refractivity contribution in [3.8, 4) is 0 Å². The zero-order valence-corrected chi connectivity index (χ0v) is 7.08. The van der Waals surface area contributed by atoms with Gasteiger partial charge in [0.2, 0.25) is 0 Å². The van der Waals surface area contributed by atoms with E-state index in [0.29, 0.717) is 0 Å². The maximum atomic E-state index is 5.40. The molecule has 0 spiro atoms. The van der Waals surface area contributed by atoms with Crippen molar-refractivity contribution < 1.29 is 0 Å². The van der Waals surface area contributed by atoms with Gasteiger partial charge < -0.3 is 5.73 Å². The summed E-state index contributed by atoms with van der Waals surface area (Å²) in [5, 5.41) is 2.14. The summed E-state index contributed by atoms with van der Waals surface area (Å²) in [5.74, 6) is 0. The van der Waals surface area contributed by atoms with E-state index in [0.717, 1.165) is 19.4 Å². The van der Waals surface area contributed by atoms with Crippen LogP contribution in [0.2, 0.25) is 0 Å². The minimum absolute atomic E-state index is 0.801. The molecule has 2 heteroatoms. The van der Waals surface area contributed by atoms with E-state index in [1.807, 2.05) is 11.3 Å². The van der Waals surface area contributed by atoms with Gasteiger partial charge in [0, 0.05) is 4.88 Å². The average molecular weight is 155 g/mol. The van der Waals surface area contributed by atoms with Crippen LogP contribution >= 0.6 is 11.3 Å². The second-order valence-electron chi connectivity index (χ2n) is 2.39. The lowest BCUT2D eigenvalue weighted by molar-refractivity contribution is 0.832. The molecule has 0 aliphatic carbocycles. The smallest absolute Gasteiger partial charge is 0.00461 e. The summed E-state index contributed by atoms with van der Waals surface area (Å²) >= 11 is 1.81. The van der Waals surface area contributed by atoms with Crippen LogP contribution in [0.1, 0.15) is 16.9 Å². The summed E-state index contributed by atoms with van der Waals surface area (Å²) in [4.78, 5) is 1.44. The van der Waals surface area contributed by atoms with Gasteiger partial charge >= 0.3 is 0 Å². The maximum absolute atomic E-state index is 5.40. The summed E-state index contributed by atoms with van der Waals surface area (Å²) in [6, 6.07) is 2.19. The second kappa shape index (κ2) is 3.74. The molecule has 56 valence electrons. The molecule has 0 radical (unpaired) electrons. The Morgan fingerprint density at radius 1 is 1.60 bits per heavy atom. The normalized spacial score (nSPS) is 10.2. The van der Waals surface area contributed by atoms with Crippen LogP contribution in [-0.4, -0.2) is 6.54 Å². The van der Waals surface area contributed by atoms with E-state index in [4.69, 9.17) is 5.73 Å². The van der Waals surface area contributed by atoms with E-state index in [9.17, 15) is 0 Å². The predicted octanol–water partition coefficient (Wildman–Crippen LogP) is 1.95. The monoisotopic (exact) mass is 155 g/mol. The van der Waals surface area contributed by atoms with Crippen LogP contribution in [0.15, 0.2) is 11.4 Å². The molecular formula is C8H13NS. The topological polar surface area (TPSA) is 26.0 Å². The van der Waals surface area contributed by atoms with E-state index in [1.54, 1.807) is 0 Å². The fourth-order valence-corrected chi connectivity index (χ4v) is 1.72. The lowest BCUT2D eigenvalue weighted by Crippen LogP contribution is -2.00. The van der Waals surface area contributed by atoms with Crippen molar-refractivity contribution in [2.75, 3.05) is 6.54 Å². The zero-order valence-electron chi connectivity index (χ0n) is 6.26. The van der Waals surface area contributed by atoms with Crippen LogP contribution in [0.4, 0.5) is 0 Å². The Morgan fingerprint density at radius 2 is 2.40 bits per heavy atom. The number of aryl methyl sites for hydroxylation is 2. The fourth-order valence-electron chi connectivity index (χ4n) is 0.963. The SMILES string of the molecule is Cc1sccc1CCCN. The Hall–Kier alpha value is -0.340. The third-order valence-corrected chi connectivity index (χ3v) is 2.50. The number of nitrogens with two attached hydrogens (primary N) is 1. The lowest BCUT2D eigenvalue weighted by atomic mass is 10.1. The van der Waals surface area contributed by atoms with E-state index < -0.39 is 0 Å². The van der Waals surface area contributed by atoms with Crippen molar-refractivity contribution in [2.45, 2.75) is 19.8 Å². The number of rotatable bonds is 3. The molecule has 1 aromatic rings. The van der Waals surface area contributed by atoms with E-state index >= 15 is 0 Å². The molecule has 0 saturated heterocycles. The summed E-state index contributed by atoms with van der Waals surface area (Å²) < 4.78 is 0. The Labute approximate surface area is 65.9 Å². The molecule has 0 aromatic carbocycles. The summed E-state index contributed by atoms with van der Waals surface area (Å²) in [5.41, 5.74) is 6.87. The Morgan fingerprint density at radius 3 is 2.90 bits per heavy atom. The van der Waals surface area contributed by atoms with Crippen LogP contribution in [-0.2, 0) is 6.42 Å². The van der Waals surface area contributed by atoms with Gasteiger partial charge in [-0.3, -0.25) is 0 Å². The Kier molecular flexibility index (Phi) is 2.90. The van der Waals surface area contributed by atoms with Gasteiger partial charge in [-0.2, -0.15) is 0 Å². The van der Waals surface area contributed by atoms with Crippen molar-refractivity contribution in [1.29, 1.82) is 0 Å². The quantitative estimate of drug-likeness (QED) is 0.709. The number of thiophene rings is 1. The van der Waals surface area contributed by atoms with Gasteiger partial charge in [0.25, 0.3) is 0 Å². The van der Waals surface area contributed by atoms with Crippen LogP contribution < -0.4 is 5.73 Å². The highest BCUT2D eigenvalue weighted by Gasteiger charge is 1.96. The van der Waals surface area contributed by atoms with Crippen LogP contribution in [0.3, 0.4) is 0 Å². The molecule has 2 N–H and O–H groups in total. The standard InChI is InChI=1S/C8H13NS/c1-7-8(3-2-5-9)4-6-10-7/h4,6H,2-3,5,9H2,1H3. The second-order valence-corrected chi connectivity index (χ2v) is 3.51. The van der Waals surface area contributed by atoms with Gasteiger partial charge in [0.1, 0.15) is 0 Å². The molecule has 0 aliphatic heterocycles. The molecule has 0 aliphatic rings. The van der Waals surface area contributed by atoms with Gasteiger partial charge in [0.15, 0.2) is 0 Å². The molecule has 0 fully saturated rings. The first-order valence-electron chi connectivity index (χ1n) is 3.57. The van der Waals surface area contributed by atoms with Gasteiger partial charge in [-0.25, -0.2) is 0 Å². The van der Waals surface area contributed by atoms with Crippen molar-refractivity contribution in [3.05, 3.63) is 21.9 Å². The summed E-state index contributed by atoms with van der Waals surface area (Å²) in [6.45, 7) is 2.96. The zero-order chi connectivity index (χ0) is 7.40. The fraction of sp³-hybridized carbons (Fsp3) is 0.500. The van der Waals surface area contributed by atoms with Gasteiger partial charge in [-0.15, -0.1) is 11.3 Å².